The van der Waals surface area contributed by atoms with Crippen LogP contribution in [0.3, 0.4) is 0 Å². The summed E-state index contributed by atoms with van der Waals surface area (Å²) in [5.41, 5.74) is 0.630. The maximum Gasteiger partial charge on any atom is 0.228 e. The maximum atomic E-state index is 13.3. The van der Waals surface area contributed by atoms with Gasteiger partial charge in [0, 0.05) is 11.6 Å². The van der Waals surface area contributed by atoms with E-state index in [1.165, 1.54) is 44.9 Å². The second-order valence-electron chi connectivity index (χ2n) is 11.6. The molecule has 0 radical (unpaired) electrons. The van der Waals surface area contributed by atoms with Crippen LogP contribution < -0.4 is 5.32 Å². The predicted molar refractivity (Wildman–Crippen MR) is 121 cm³/mol. The molecule has 3 heteroatoms. The highest BCUT2D eigenvalue weighted by atomic mass is 16.3. The molecule has 1 aromatic carbocycles. The number of fused-ring (bicyclic) bond motifs is 5. The largest absolute Gasteiger partial charge is 0.390 e. The number of hydrogen-bond donors (Lipinski definition) is 2. The molecule has 0 spiro atoms. The number of rotatable bonds is 2. The Balaban J connectivity index is 1.34. The lowest BCUT2D eigenvalue weighted by molar-refractivity contribution is -0.145. The van der Waals surface area contributed by atoms with E-state index >= 15 is 0 Å². The fraction of sp³-hybridized carbons (Fsp3) is 0.741. The highest BCUT2D eigenvalue weighted by Crippen LogP contribution is 2.63. The Kier molecular flexibility index (Phi) is 5.24. The lowest BCUT2D eigenvalue weighted by Crippen LogP contribution is -2.55. The molecule has 3 nitrogen and oxygen atoms in total. The summed E-state index contributed by atoms with van der Waals surface area (Å²) < 4.78 is 0. The van der Waals surface area contributed by atoms with E-state index in [1.807, 2.05) is 37.3 Å². The summed E-state index contributed by atoms with van der Waals surface area (Å²) in [7, 11) is 0. The Morgan fingerprint density at radius 1 is 0.933 bits per heavy atom. The molecule has 4 fully saturated rings. The number of amides is 1. The van der Waals surface area contributed by atoms with E-state index in [9.17, 15) is 9.90 Å². The van der Waals surface area contributed by atoms with Gasteiger partial charge in [-0.1, -0.05) is 31.5 Å². The molecule has 30 heavy (non-hydrogen) atoms. The Bertz CT molecular complexity index is 774. The Labute approximate surface area is 182 Å². The first-order chi connectivity index (χ1) is 14.4. The number of carbonyl (C=O) groups excluding carboxylic acids is 1. The lowest BCUT2D eigenvalue weighted by Gasteiger charge is -2.60. The van der Waals surface area contributed by atoms with Crippen molar-refractivity contribution in [1.82, 2.24) is 0 Å². The Hall–Kier alpha value is -1.35. The van der Waals surface area contributed by atoms with E-state index in [0.717, 1.165) is 48.6 Å². The van der Waals surface area contributed by atoms with Crippen molar-refractivity contribution >= 4 is 11.6 Å². The Morgan fingerprint density at radius 2 is 1.70 bits per heavy atom. The summed E-state index contributed by atoms with van der Waals surface area (Å²) in [5.74, 6) is 4.23. The Morgan fingerprint density at radius 3 is 2.50 bits per heavy atom. The standard InChI is InChI=1S/C27H39NO2/c1-26(30)15-13-20-18(17-26)11-12-22-21(20)14-16-27(2)23(22)9-6-10-24(27)25(29)28-19-7-4-3-5-8-19/h3-5,7-8,18,20-24,30H,6,9-17H2,1-2H3,(H,28,29)/t18-,20+,21-,22-,23+,24-,26-,27+/m1/s1. The van der Waals surface area contributed by atoms with Crippen LogP contribution in [0.4, 0.5) is 5.69 Å². The van der Waals surface area contributed by atoms with Gasteiger partial charge in [0.2, 0.25) is 5.91 Å². The van der Waals surface area contributed by atoms with Crippen LogP contribution in [0.1, 0.15) is 78.1 Å². The molecule has 0 aromatic heterocycles. The molecule has 4 aliphatic carbocycles. The third-order valence-electron chi connectivity index (χ3n) is 9.84. The van der Waals surface area contributed by atoms with Crippen molar-refractivity contribution in [2.75, 3.05) is 5.32 Å². The molecule has 0 unspecified atom stereocenters. The molecule has 2 N–H and O–H groups in total. The van der Waals surface area contributed by atoms with Gasteiger partial charge in [-0.25, -0.2) is 0 Å². The number of hydrogen-bond acceptors (Lipinski definition) is 2. The summed E-state index contributed by atoms with van der Waals surface area (Å²) in [6, 6.07) is 9.97. The van der Waals surface area contributed by atoms with Gasteiger partial charge in [0.25, 0.3) is 0 Å². The summed E-state index contributed by atoms with van der Waals surface area (Å²) in [6.07, 6.45) is 11.8. The number of aliphatic hydroxyl groups is 1. The molecule has 0 bridgehead atoms. The van der Waals surface area contributed by atoms with Crippen LogP contribution >= 0.6 is 0 Å². The lowest BCUT2D eigenvalue weighted by atomic mass is 9.45. The normalized spacial score (nSPS) is 45.6. The molecular weight excluding hydrogens is 370 g/mol. The van der Waals surface area contributed by atoms with Crippen LogP contribution in [0.2, 0.25) is 0 Å². The van der Waals surface area contributed by atoms with Crippen molar-refractivity contribution < 1.29 is 9.90 Å². The van der Waals surface area contributed by atoms with Crippen molar-refractivity contribution in [1.29, 1.82) is 0 Å². The average Bonchev–Trinajstić information content (AvgIpc) is 2.72. The molecular formula is C27H39NO2. The first-order valence-corrected chi connectivity index (χ1v) is 12.5. The van der Waals surface area contributed by atoms with E-state index < -0.39 is 5.60 Å². The summed E-state index contributed by atoms with van der Waals surface area (Å²) in [4.78, 5) is 13.3. The van der Waals surface area contributed by atoms with Crippen molar-refractivity contribution in [2.45, 2.75) is 83.7 Å². The van der Waals surface area contributed by atoms with Gasteiger partial charge >= 0.3 is 0 Å². The molecule has 1 aromatic rings. The summed E-state index contributed by atoms with van der Waals surface area (Å²) in [5, 5.41) is 13.8. The molecule has 1 amide bonds. The van der Waals surface area contributed by atoms with Crippen LogP contribution in [0, 0.1) is 40.9 Å². The summed E-state index contributed by atoms with van der Waals surface area (Å²) >= 11 is 0. The van der Waals surface area contributed by atoms with E-state index in [4.69, 9.17) is 0 Å². The van der Waals surface area contributed by atoms with Crippen LogP contribution in [0.5, 0.6) is 0 Å². The molecule has 0 aliphatic heterocycles. The molecule has 8 atom stereocenters. The highest BCUT2D eigenvalue weighted by molar-refractivity contribution is 5.93. The van der Waals surface area contributed by atoms with Gasteiger partial charge in [0.15, 0.2) is 0 Å². The molecule has 0 saturated heterocycles. The van der Waals surface area contributed by atoms with E-state index in [-0.39, 0.29) is 17.2 Å². The fourth-order valence-electron chi connectivity index (χ4n) is 8.46. The van der Waals surface area contributed by atoms with Gasteiger partial charge in [-0.2, -0.15) is 0 Å². The molecule has 5 rings (SSSR count). The van der Waals surface area contributed by atoms with Crippen LogP contribution in [0.15, 0.2) is 30.3 Å². The van der Waals surface area contributed by atoms with E-state index in [1.54, 1.807) is 0 Å². The van der Waals surface area contributed by atoms with Crippen LogP contribution in [-0.4, -0.2) is 16.6 Å². The minimum Gasteiger partial charge on any atom is -0.390 e. The topological polar surface area (TPSA) is 49.3 Å². The van der Waals surface area contributed by atoms with Crippen LogP contribution in [-0.2, 0) is 4.79 Å². The first-order valence-electron chi connectivity index (χ1n) is 12.5. The molecule has 4 aliphatic rings. The number of benzene rings is 1. The van der Waals surface area contributed by atoms with E-state index in [2.05, 4.69) is 12.2 Å². The monoisotopic (exact) mass is 409 g/mol. The molecule has 0 heterocycles. The highest BCUT2D eigenvalue weighted by Gasteiger charge is 2.57. The third kappa shape index (κ3) is 3.51. The van der Waals surface area contributed by atoms with Gasteiger partial charge in [-0.3, -0.25) is 4.79 Å². The van der Waals surface area contributed by atoms with Crippen molar-refractivity contribution in [3.05, 3.63) is 30.3 Å². The van der Waals surface area contributed by atoms with Crippen molar-refractivity contribution in [3.8, 4) is 0 Å². The second-order valence-corrected chi connectivity index (χ2v) is 11.6. The maximum absolute atomic E-state index is 13.3. The number of anilines is 1. The zero-order valence-corrected chi connectivity index (χ0v) is 18.8. The zero-order valence-electron chi connectivity index (χ0n) is 18.8. The summed E-state index contributed by atoms with van der Waals surface area (Å²) in [6.45, 7) is 4.49. The fourth-order valence-corrected chi connectivity index (χ4v) is 8.46. The molecule has 4 saturated carbocycles. The third-order valence-corrected chi connectivity index (χ3v) is 9.84. The van der Waals surface area contributed by atoms with Gasteiger partial charge in [0.05, 0.1) is 5.60 Å². The smallest absolute Gasteiger partial charge is 0.228 e. The van der Waals surface area contributed by atoms with E-state index in [0.29, 0.717) is 5.92 Å². The van der Waals surface area contributed by atoms with Gasteiger partial charge in [-0.15, -0.1) is 0 Å². The minimum absolute atomic E-state index is 0.141. The van der Waals surface area contributed by atoms with Crippen molar-refractivity contribution in [2.24, 2.45) is 40.9 Å². The van der Waals surface area contributed by atoms with Gasteiger partial charge < -0.3 is 10.4 Å². The van der Waals surface area contributed by atoms with Gasteiger partial charge in [0.1, 0.15) is 0 Å². The number of nitrogens with one attached hydrogen (secondary N) is 1. The number of para-hydroxylation sites is 1. The zero-order chi connectivity index (χ0) is 20.9. The number of carbonyl (C=O) groups is 1. The SMILES string of the molecule is C[C@@]1(O)CC[C@H]2[C@H](CC[C@@H]3[C@@H]2CC[C@]2(C)[C@@H](C(=O)Nc4ccccc4)CCC[C@@H]32)C1. The second kappa shape index (κ2) is 7.65. The first kappa shape index (κ1) is 20.5. The average molecular weight is 410 g/mol. The minimum atomic E-state index is -0.442. The van der Waals surface area contributed by atoms with Crippen LogP contribution in [0.25, 0.3) is 0 Å². The molecule has 164 valence electrons. The van der Waals surface area contributed by atoms with Crippen molar-refractivity contribution in [3.63, 3.8) is 0 Å². The quantitative estimate of drug-likeness (QED) is 0.626. The predicted octanol–water partition coefficient (Wildman–Crippen LogP) is 6.04. The van der Waals surface area contributed by atoms with Gasteiger partial charge in [-0.05, 0) is 112 Å².